The summed E-state index contributed by atoms with van der Waals surface area (Å²) in [4.78, 5) is 15.9. The van der Waals surface area contributed by atoms with Crippen LogP contribution in [0.1, 0.15) is 10.5 Å². The maximum Gasteiger partial charge on any atom is 0.279 e. The Hall–Kier alpha value is -3.03. The average molecular weight is 255 g/mol. The molecule has 0 fully saturated rings. The van der Waals surface area contributed by atoms with E-state index < -0.39 is 5.91 Å². The predicted octanol–water partition coefficient (Wildman–Crippen LogP) is 0.582. The minimum absolute atomic E-state index is 0.118. The molecule has 0 spiro atoms. The van der Waals surface area contributed by atoms with Gasteiger partial charge in [-0.2, -0.15) is 10.2 Å². The van der Waals surface area contributed by atoms with Crippen molar-refractivity contribution in [2.24, 2.45) is 0 Å². The summed E-state index contributed by atoms with van der Waals surface area (Å²) in [6.45, 7) is 0. The zero-order valence-electron chi connectivity index (χ0n) is 9.66. The van der Waals surface area contributed by atoms with Gasteiger partial charge in [-0.15, -0.1) is 5.10 Å². The number of hydrogen-bond donors (Lipinski definition) is 3. The summed E-state index contributed by atoms with van der Waals surface area (Å²) in [7, 11) is 0. The van der Waals surface area contributed by atoms with Crippen LogP contribution < -0.4 is 11.1 Å². The highest BCUT2D eigenvalue weighted by molar-refractivity contribution is 6.10. The van der Waals surface area contributed by atoms with E-state index in [1.54, 1.807) is 18.2 Å². The molecule has 1 aromatic carbocycles. The summed E-state index contributed by atoms with van der Waals surface area (Å²) < 4.78 is 0. The van der Waals surface area contributed by atoms with Crippen molar-refractivity contribution in [1.29, 1.82) is 0 Å². The third-order valence-electron chi connectivity index (χ3n) is 2.51. The van der Waals surface area contributed by atoms with E-state index in [1.165, 1.54) is 12.4 Å². The Labute approximate surface area is 107 Å². The van der Waals surface area contributed by atoms with Crippen molar-refractivity contribution >= 4 is 28.4 Å². The van der Waals surface area contributed by atoms with E-state index in [4.69, 9.17) is 5.73 Å². The molecule has 94 valence electrons. The smallest absolute Gasteiger partial charge is 0.279 e. The van der Waals surface area contributed by atoms with Crippen LogP contribution in [-0.2, 0) is 0 Å². The molecule has 2 heterocycles. The zero-order chi connectivity index (χ0) is 13.2. The van der Waals surface area contributed by atoms with Gasteiger partial charge >= 0.3 is 0 Å². The summed E-state index contributed by atoms with van der Waals surface area (Å²) in [6.07, 6.45) is 2.85. The monoisotopic (exact) mass is 255 g/mol. The highest BCUT2D eigenvalue weighted by Crippen LogP contribution is 2.19. The second kappa shape index (κ2) is 4.33. The first-order valence-corrected chi connectivity index (χ1v) is 5.42. The predicted molar refractivity (Wildman–Crippen MR) is 68.3 cm³/mol. The minimum Gasteiger partial charge on any atom is -0.399 e. The number of amides is 1. The number of aromatic amines is 1. The normalized spacial score (nSPS) is 10.5. The van der Waals surface area contributed by atoms with Crippen molar-refractivity contribution in [3.05, 3.63) is 36.3 Å². The first kappa shape index (κ1) is 11.1. The minimum atomic E-state index is -0.426. The van der Waals surface area contributed by atoms with Gasteiger partial charge in [0, 0.05) is 11.1 Å². The van der Waals surface area contributed by atoms with Crippen LogP contribution in [0.25, 0.3) is 10.9 Å². The number of hydrogen-bond acceptors (Lipinski definition) is 6. The number of nitrogens with one attached hydrogen (secondary N) is 2. The Balaban J connectivity index is 1.96. The lowest BCUT2D eigenvalue weighted by atomic mass is 10.2. The van der Waals surface area contributed by atoms with E-state index in [0.717, 1.165) is 5.52 Å². The number of fused-ring (bicyclic) bond motifs is 1. The van der Waals surface area contributed by atoms with E-state index in [1.807, 2.05) is 0 Å². The van der Waals surface area contributed by atoms with Crippen molar-refractivity contribution in [1.82, 2.24) is 25.4 Å². The van der Waals surface area contributed by atoms with Crippen LogP contribution in [0.2, 0.25) is 0 Å². The molecule has 1 amide bonds. The van der Waals surface area contributed by atoms with Crippen molar-refractivity contribution < 1.29 is 4.79 Å². The molecule has 3 aromatic rings. The molecular formula is C11H9N7O. The Morgan fingerprint density at radius 1 is 1.32 bits per heavy atom. The first-order valence-electron chi connectivity index (χ1n) is 5.42. The third-order valence-corrected chi connectivity index (χ3v) is 2.51. The number of nitrogen functional groups attached to an aromatic ring is 1. The topological polar surface area (TPSA) is 122 Å². The fraction of sp³-hybridized carbons (Fsp3) is 0. The van der Waals surface area contributed by atoms with Gasteiger partial charge in [0.1, 0.15) is 0 Å². The van der Waals surface area contributed by atoms with E-state index in [9.17, 15) is 4.79 Å². The molecule has 2 aromatic heterocycles. The van der Waals surface area contributed by atoms with E-state index >= 15 is 0 Å². The Kier molecular flexibility index (Phi) is 2.53. The zero-order valence-corrected chi connectivity index (χ0v) is 9.66. The fourth-order valence-corrected chi connectivity index (χ4v) is 1.67. The van der Waals surface area contributed by atoms with E-state index in [0.29, 0.717) is 11.1 Å². The number of nitrogens with two attached hydrogens (primary N) is 1. The maximum absolute atomic E-state index is 12.1. The lowest BCUT2D eigenvalue weighted by Gasteiger charge is -2.00. The summed E-state index contributed by atoms with van der Waals surface area (Å²) in [5, 5.41) is 17.2. The van der Waals surface area contributed by atoms with E-state index in [2.05, 4.69) is 30.7 Å². The van der Waals surface area contributed by atoms with Crippen LogP contribution in [0.5, 0.6) is 0 Å². The molecule has 0 bridgehead atoms. The molecule has 0 atom stereocenters. The Morgan fingerprint density at radius 2 is 2.21 bits per heavy atom. The van der Waals surface area contributed by atoms with Crippen LogP contribution in [0.3, 0.4) is 0 Å². The number of carbonyl (C=O) groups excluding carboxylic acids is 1. The number of anilines is 2. The van der Waals surface area contributed by atoms with Gasteiger partial charge in [0.05, 0.1) is 17.9 Å². The lowest BCUT2D eigenvalue weighted by Crippen LogP contribution is -2.15. The summed E-state index contributed by atoms with van der Waals surface area (Å²) in [5.74, 6) is -0.308. The molecule has 0 saturated carbocycles. The first-order chi connectivity index (χ1) is 9.24. The third kappa shape index (κ3) is 2.06. The van der Waals surface area contributed by atoms with Crippen molar-refractivity contribution in [2.45, 2.75) is 0 Å². The molecule has 0 aliphatic rings. The standard InChI is InChI=1S/C11H9N7O/c12-6-1-2-8-7(5-6)9(17-16-8)10(19)15-11-13-3-4-14-18-11/h1-5H,12H2,(H,16,17)(H,13,15,18,19). The van der Waals surface area contributed by atoms with Gasteiger partial charge in [-0.25, -0.2) is 4.98 Å². The van der Waals surface area contributed by atoms with Crippen LogP contribution in [-0.4, -0.2) is 31.3 Å². The quantitative estimate of drug-likeness (QED) is 0.576. The van der Waals surface area contributed by atoms with Gasteiger partial charge in [0.25, 0.3) is 5.91 Å². The molecule has 3 rings (SSSR count). The van der Waals surface area contributed by atoms with E-state index in [-0.39, 0.29) is 11.6 Å². The second-order valence-corrected chi connectivity index (χ2v) is 3.80. The Bertz CT molecular complexity index is 737. The molecular weight excluding hydrogens is 246 g/mol. The lowest BCUT2D eigenvalue weighted by molar-refractivity contribution is 0.102. The average Bonchev–Trinajstić information content (AvgIpc) is 2.82. The number of aromatic nitrogens is 5. The van der Waals surface area contributed by atoms with Crippen LogP contribution in [0.15, 0.2) is 30.6 Å². The van der Waals surface area contributed by atoms with Gasteiger partial charge < -0.3 is 5.73 Å². The van der Waals surface area contributed by atoms with Gasteiger partial charge in [-0.05, 0) is 18.2 Å². The van der Waals surface area contributed by atoms with Crippen molar-refractivity contribution in [3.8, 4) is 0 Å². The van der Waals surface area contributed by atoms with Crippen molar-refractivity contribution in [2.75, 3.05) is 11.1 Å². The Morgan fingerprint density at radius 3 is 3.00 bits per heavy atom. The fourth-order valence-electron chi connectivity index (χ4n) is 1.67. The number of H-pyrrole nitrogens is 1. The number of rotatable bonds is 2. The van der Waals surface area contributed by atoms with Gasteiger partial charge in [0.2, 0.25) is 5.95 Å². The van der Waals surface area contributed by atoms with Gasteiger partial charge in [-0.3, -0.25) is 15.2 Å². The molecule has 0 unspecified atom stereocenters. The second-order valence-electron chi connectivity index (χ2n) is 3.80. The van der Waals surface area contributed by atoms with Crippen LogP contribution in [0.4, 0.5) is 11.6 Å². The van der Waals surface area contributed by atoms with Gasteiger partial charge in [0.15, 0.2) is 5.69 Å². The SMILES string of the molecule is Nc1ccc2[nH]nc(C(=O)Nc3nccnn3)c2c1. The molecule has 8 nitrogen and oxygen atoms in total. The largest absolute Gasteiger partial charge is 0.399 e. The number of benzene rings is 1. The molecule has 0 saturated heterocycles. The molecule has 19 heavy (non-hydrogen) atoms. The molecule has 0 radical (unpaired) electrons. The molecule has 0 aliphatic heterocycles. The molecule has 0 aliphatic carbocycles. The number of nitrogens with zero attached hydrogens (tertiary/aromatic N) is 4. The molecule has 4 N–H and O–H groups in total. The number of carbonyl (C=O) groups is 1. The highest BCUT2D eigenvalue weighted by atomic mass is 16.2. The van der Waals surface area contributed by atoms with Crippen LogP contribution in [0, 0.1) is 0 Å². The summed E-state index contributed by atoms with van der Waals surface area (Å²) in [6, 6.07) is 5.17. The van der Waals surface area contributed by atoms with Gasteiger partial charge in [-0.1, -0.05) is 0 Å². The van der Waals surface area contributed by atoms with Crippen molar-refractivity contribution in [3.63, 3.8) is 0 Å². The van der Waals surface area contributed by atoms with Crippen LogP contribution >= 0.6 is 0 Å². The highest BCUT2D eigenvalue weighted by Gasteiger charge is 2.15. The maximum atomic E-state index is 12.1. The summed E-state index contributed by atoms with van der Waals surface area (Å²) in [5.41, 5.74) is 7.21. The molecule has 8 heteroatoms. The summed E-state index contributed by atoms with van der Waals surface area (Å²) >= 11 is 0.